The summed E-state index contributed by atoms with van der Waals surface area (Å²) in [7, 11) is 0. The van der Waals surface area contributed by atoms with E-state index < -0.39 is 0 Å². The first-order valence-corrected chi connectivity index (χ1v) is 7.81. The molecule has 2 aliphatic rings. The zero-order valence-corrected chi connectivity index (χ0v) is 11.6. The first kappa shape index (κ1) is 13.4. The lowest BCUT2D eigenvalue weighted by atomic mass is 9.80. The number of hydrogen-bond acceptors (Lipinski definition) is 2. The lowest BCUT2D eigenvalue weighted by Crippen LogP contribution is -2.37. The maximum Gasteiger partial charge on any atom is 0.000968 e. The number of nitrogens with one attached hydrogen (secondary N) is 1. The average molecular weight is 238 g/mol. The lowest BCUT2D eigenvalue weighted by Gasteiger charge is -2.33. The van der Waals surface area contributed by atoms with Crippen molar-refractivity contribution in [2.45, 2.75) is 51.9 Å². The summed E-state index contributed by atoms with van der Waals surface area (Å²) in [6.07, 6.45) is 10.1. The Labute approximate surface area is 107 Å². The van der Waals surface area contributed by atoms with Crippen molar-refractivity contribution < 1.29 is 0 Å². The molecule has 1 saturated heterocycles. The Morgan fingerprint density at radius 1 is 0.941 bits per heavy atom. The standard InChI is InChI=1S/C15H30N2/c1-2-14-5-7-15(8-6-14)13-17-11-3-9-16-10-4-12-17/h14-16H,2-13H2,1H3. The predicted molar refractivity (Wildman–Crippen MR) is 74.3 cm³/mol. The van der Waals surface area contributed by atoms with Gasteiger partial charge in [-0.3, -0.25) is 0 Å². The van der Waals surface area contributed by atoms with Gasteiger partial charge in [0.15, 0.2) is 0 Å². The topological polar surface area (TPSA) is 15.3 Å². The third-order valence-electron chi connectivity index (χ3n) is 4.72. The molecule has 2 heteroatoms. The summed E-state index contributed by atoms with van der Waals surface area (Å²) in [6.45, 7) is 8.83. The normalized spacial score (nSPS) is 33.0. The van der Waals surface area contributed by atoms with Crippen molar-refractivity contribution in [1.82, 2.24) is 10.2 Å². The zero-order chi connectivity index (χ0) is 11.9. The fourth-order valence-electron chi connectivity index (χ4n) is 3.46. The monoisotopic (exact) mass is 238 g/mol. The van der Waals surface area contributed by atoms with Crippen molar-refractivity contribution >= 4 is 0 Å². The molecule has 0 atom stereocenters. The first-order valence-electron chi connectivity index (χ1n) is 7.81. The van der Waals surface area contributed by atoms with E-state index in [1.54, 1.807) is 0 Å². The SMILES string of the molecule is CCC1CCC(CN2CCCNCCC2)CC1. The van der Waals surface area contributed by atoms with E-state index in [-0.39, 0.29) is 0 Å². The van der Waals surface area contributed by atoms with Gasteiger partial charge >= 0.3 is 0 Å². The van der Waals surface area contributed by atoms with Crippen LogP contribution in [0.1, 0.15) is 51.9 Å². The third kappa shape index (κ3) is 4.59. The Kier molecular flexibility index (Phi) is 5.79. The van der Waals surface area contributed by atoms with E-state index in [1.807, 2.05) is 0 Å². The second-order valence-electron chi connectivity index (χ2n) is 6.05. The van der Waals surface area contributed by atoms with Crippen molar-refractivity contribution in [2.75, 3.05) is 32.7 Å². The minimum absolute atomic E-state index is 1.00. The van der Waals surface area contributed by atoms with Gasteiger partial charge in [0.05, 0.1) is 0 Å². The summed E-state index contributed by atoms with van der Waals surface area (Å²) < 4.78 is 0. The highest BCUT2D eigenvalue weighted by molar-refractivity contribution is 4.75. The van der Waals surface area contributed by atoms with Crippen LogP contribution in [-0.4, -0.2) is 37.6 Å². The fourth-order valence-corrected chi connectivity index (χ4v) is 3.46. The molecule has 2 nitrogen and oxygen atoms in total. The van der Waals surface area contributed by atoms with Crippen LogP contribution in [0.2, 0.25) is 0 Å². The fraction of sp³-hybridized carbons (Fsp3) is 1.00. The van der Waals surface area contributed by atoms with Crippen molar-refractivity contribution in [1.29, 1.82) is 0 Å². The van der Waals surface area contributed by atoms with E-state index >= 15 is 0 Å². The molecule has 17 heavy (non-hydrogen) atoms. The van der Waals surface area contributed by atoms with Crippen LogP contribution in [0.4, 0.5) is 0 Å². The summed E-state index contributed by atoms with van der Waals surface area (Å²) in [6, 6.07) is 0. The minimum Gasteiger partial charge on any atom is -0.317 e. The highest BCUT2D eigenvalue weighted by Gasteiger charge is 2.21. The maximum absolute atomic E-state index is 3.50. The maximum atomic E-state index is 3.50. The van der Waals surface area contributed by atoms with Crippen LogP contribution in [-0.2, 0) is 0 Å². The molecular formula is C15H30N2. The van der Waals surface area contributed by atoms with Gasteiger partial charge in [0, 0.05) is 6.54 Å². The summed E-state index contributed by atoms with van der Waals surface area (Å²) >= 11 is 0. The number of hydrogen-bond donors (Lipinski definition) is 1. The molecule has 1 aliphatic heterocycles. The van der Waals surface area contributed by atoms with Crippen molar-refractivity contribution in [3.63, 3.8) is 0 Å². The molecule has 0 aromatic carbocycles. The highest BCUT2D eigenvalue weighted by Crippen LogP contribution is 2.31. The van der Waals surface area contributed by atoms with E-state index in [0.29, 0.717) is 0 Å². The largest absolute Gasteiger partial charge is 0.317 e. The second kappa shape index (κ2) is 7.38. The van der Waals surface area contributed by atoms with Crippen LogP contribution in [0.15, 0.2) is 0 Å². The molecule has 0 amide bonds. The van der Waals surface area contributed by atoms with Crippen LogP contribution >= 0.6 is 0 Å². The van der Waals surface area contributed by atoms with Crippen LogP contribution in [0.25, 0.3) is 0 Å². The molecule has 0 aromatic heterocycles. The Morgan fingerprint density at radius 2 is 1.53 bits per heavy atom. The summed E-state index contributed by atoms with van der Waals surface area (Å²) in [5.74, 6) is 2.05. The molecule has 0 radical (unpaired) electrons. The van der Waals surface area contributed by atoms with Gasteiger partial charge in [-0.2, -0.15) is 0 Å². The Morgan fingerprint density at radius 3 is 2.12 bits per heavy atom. The molecule has 100 valence electrons. The molecule has 1 N–H and O–H groups in total. The van der Waals surface area contributed by atoms with Crippen molar-refractivity contribution in [2.24, 2.45) is 11.8 Å². The zero-order valence-electron chi connectivity index (χ0n) is 11.6. The minimum atomic E-state index is 1.00. The van der Waals surface area contributed by atoms with Gasteiger partial charge < -0.3 is 10.2 Å². The molecule has 0 aromatic rings. The highest BCUT2D eigenvalue weighted by atomic mass is 15.1. The second-order valence-corrected chi connectivity index (χ2v) is 6.05. The molecule has 1 heterocycles. The van der Waals surface area contributed by atoms with Crippen molar-refractivity contribution in [3.05, 3.63) is 0 Å². The number of rotatable bonds is 3. The van der Waals surface area contributed by atoms with E-state index in [0.717, 1.165) is 11.8 Å². The van der Waals surface area contributed by atoms with Crippen LogP contribution in [0.5, 0.6) is 0 Å². The van der Waals surface area contributed by atoms with Gasteiger partial charge in [-0.1, -0.05) is 26.2 Å². The van der Waals surface area contributed by atoms with Gasteiger partial charge in [-0.25, -0.2) is 0 Å². The molecular weight excluding hydrogens is 208 g/mol. The van der Waals surface area contributed by atoms with Gasteiger partial charge in [0.2, 0.25) is 0 Å². The van der Waals surface area contributed by atoms with Crippen LogP contribution in [0.3, 0.4) is 0 Å². The molecule has 0 unspecified atom stereocenters. The summed E-state index contributed by atoms with van der Waals surface area (Å²) in [5.41, 5.74) is 0. The first-order chi connectivity index (χ1) is 8.38. The van der Waals surface area contributed by atoms with Gasteiger partial charge in [-0.05, 0) is 63.7 Å². The molecule has 0 spiro atoms. The van der Waals surface area contributed by atoms with Crippen LogP contribution in [0, 0.1) is 11.8 Å². The Hall–Kier alpha value is -0.0800. The quantitative estimate of drug-likeness (QED) is 0.813. The molecule has 0 bridgehead atoms. The van der Waals surface area contributed by atoms with Gasteiger partial charge in [0.1, 0.15) is 0 Å². The Balaban J connectivity index is 1.68. The van der Waals surface area contributed by atoms with Gasteiger partial charge in [-0.15, -0.1) is 0 Å². The molecule has 1 saturated carbocycles. The smallest absolute Gasteiger partial charge is 0.000968 e. The molecule has 2 rings (SSSR count). The number of nitrogens with zero attached hydrogens (tertiary/aromatic N) is 1. The van der Waals surface area contributed by atoms with E-state index in [9.17, 15) is 0 Å². The predicted octanol–water partition coefficient (Wildman–Crippen LogP) is 2.89. The Bertz CT molecular complexity index is 189. The molecule has 2 fully saturated rings. The molecule has 1 aliphatic carbocycles. The van der Waals surface area contributed by atoms with E-state index in [2.05, 4.69) is 17.1 Å². The third-order valence-corrected chi connectivity index (χ3v) is 4.72. The summed E-state index contributed by atoms with van der Waals surface area (Å²) in [5, 5.41) is 3.50. The average Bonchev–Trinajstić information content (AvgIpc) is 2.33. The van der Waals surface area contributed by atoms with E-state index in [1.165, 1.54) is 77.7 Å². The van der Waals surface area contributed by atoms with Crippen LogP contribution < -0.4 is 5.32 Å². The van der Waals surface area contributed by atoms with Gasteiger partial charge in [0.25, 0.3) is 0 Å². The lowest BCUT2D eigenvalue weighted by molar-refractivity contribution is 0.171. The summed E-state index contributed by atoms with van der Waals surface area (Å²) in [4.78, 5) is 2.73. The van der Waals surface area contributed by atoms with Crippen molar-refractivity contribution in [3.8, 4) is 0 Å². The van der Waals surface area contributed by atoms with E-state index in [4.69, 9.17) is 0 Å².